The summed E-state index contributed by atoms with van der Waals surface area (Å²) in [7, 11) is 0. The molecule has 0 fully saturated rings. The Bertz CT molecular complexity index is 235. The molecule has 11 heavy (non-hydrogen) atoms. The van der Waals surface area contributed by atoms with Gasteiger partial charge in [-0.25, -0.2) is 4.98 Å². The molecule has 1 aromatic rings. The van der Waals surface area contributed by atoms with E-state index in [0.29, 0.717) is 11.1 Å². The number of halogens is 1. The van der Waals surface area contributed by atoms with Gasteiger partial charge in [0.25, 0.3) is 0 Å². The van der Waals surface area contributed by atoms with E-state index in [4.69, 9.17) is 11.6 Å². The lowest BCUT2D eigenvalue weighted by Crippen LogP contribution is -1.94. The Kier molecular flexibility index (Phi) is 2.89. The summed E-state index contributed by atoms with van der Waals surface area (Å²) in [4.78, 5) is 4.21. The first-order valence-corrected chi connectivity index (χ1v) is 4.24. The van der Waals surface area contributed by atoms with Crippen LogP contribution in [0.25, 0.3) is 0 Å². The fourth-order valence-electron chi connectivity index (χ4n) is 0.908. The van der Waals surface area contributed by atoms with E-state index in [-0.39, 0.29) is 0 Å². The van der Waals surface area contributed by atoms with Crippen LogP contribution < -0.4 is 0 Å². The van der Waals surface area contributed by atoms with Crippen molar-refractivity contribution in [3.63, 3.8) is 0 Å². The third kappa shape index (κ3) is 2.19. The lowest BCUT2D eigenvalue weighted by atomic mass is 10.1. The van der Waals surface area contributed by atoms with Crippen molar-refractivity contribution < 1.29 is 0 Å². The molecular formula is C9H12ClN. The van der Waals surface area contributed by atoms with Gasteiger partial charge >= 0.3 is 0 Å². The summed E-state index contributed by atoms with van der Waals surface area (Å²) in [5, 5.41) is 0.586. The maximum Gasteiger partial charge on any atom is 0.129 e. The van der Waals surface area contributed by atoms with Gasteiger partial charge in [-0.3, -0.25) is 0 Å². The summed E-state index contributed by atoms with van der Waals surface area (Å²) in [5.41, 5.74) is 1.08. The number of pyridine rings is 1. The first-order chi connectivity index (χ1) is 5.24. The smallest absolute Gasteiger partial charge is 0.129 e. The Hall–Kier alpha value is -0.560. The second kappa shape index (κ2) is 3.72. The van der Waals surface area contributed by atoms with Crippen LogP contribution in [0.5, 0.6) is 0 Å². The predicted octanol–water partition coefficient (Wildman–Crippen LogP) is 3.25. The minimum absolute atomic E-state index is 0.508. The molecule has 0 unspecified atom stereocenters. The maximum absolute atomic E-state index is 5.73. The average Bonchev–Trinajstić information content (AvgIpc) is 2.03. The SMILES string of the molecule is CC[C@@H](C)c1cccc(Cl)n1. The second-order valence-corrected chi connectivity index (χ2v) is 3.08. The number of nitrogens with zero attached hydrogens (tertiary/aromatic N) is 1. The molecule has 0 N–H and O–H groups in total. The van der Waals surface area contributed by atoms with Crippen molar-refractivity contribution in [3.05, 3.63) is 29.0 Å². The molecule has 0 spiro atoms. The first-order valence-electron chi connectivity index (χ1n) is 3.86. The Morgan fingerprint density at radius 2 is 2.27 bits per heavy atom. The van der Waals surface area contributed by atoms with Crippen molar-refractivity contribution in [1.29, 1.82) is 0 Å². The van der Waals surface area contributed by atoms with Crippen LogP contribution in [0, 0.1) is 0 Å². The molecule has 1 rings (SSSR count). The van der Waals surface area contributed by atoms with E-state index < -0.39 is 0 Å². The Labute approximate surface area is 72.4 Å². The van der Waals surface area contributed by atoms with Gasteiger partial charge in [0.2, 0.25) is 0 Å². The van der Waals surface area contributed by atoms with Gasteiger partial charge < -0.3 is 0 Å². The van der Waals surface area contributed by atoms with Crippen LogP contribution >= 0.6 is 11.6 Å². The van der Waals surface area contributed by atoms with Crippen LogP contribution in [0.15, 0.2) is 18.2 Å². The van der Waals surface area contributed by atoms with E-state index in [1.165, 1.54) is 0 Å². The van der Waals surface area contributed by atoms with Crippen molar-refractivity contribution in [2.75, 3.05) is 0 Å². The van der Waals surface area contributed by atoms with Gasteiger partial charge in [0, 0.05) is 5.69 Å². The zero-order valence-corrected chi connectivity index (χ0v) is 7.60. The molecule has 1 aromatic heterocycles. The van der Waals surface area contributed by atoms with Crippen molar-refractivity contribution >= 4 is 11.6 Å². The van der Waals surface area contributed by atoms with E-state index in [0.717, 1.165) is 12.1 Å². The van der Waals surface area contributed by atoms with Crippen LogP contribution in [0.2, 0.25) is 5.15 Å². The van der Waals surface area contributed by atoms with E-state index in [1.54, 1.807) is 6.07 Å². The van der Waals surface area contributed by atoms with Crippen LogP contribution in [-0.2, 0) is 0 Å². The summed E-state index contributed by atoms with van der Waals surface area (Å²) < 4.78 is 0. The quantitative estimate of drug-likeness (QED) is 0.620. The van der Waals surface area contributed by atoms with Crippen LogP contribution in [0.3, 0.4) is 0 Å². The molecule has 1 heterocycles. The monoisotopic (exact) mass is 169 g/mol. The molecule has 0 bridgehead atoms. The third-order valence-corrected chi connectivity index (χ3v) is 2.06. The minimum Gasteiger partial charge on any atom is -0.241 e. The minimum atomic E-state index is 0.508. The summed E-state index contributed by atoms with van der Waals surface area (Å²) in [6.07, 6.45) is 1.10. The lowest BCUT2D eigenvalue weighted by molar-refractivity contribution is 0.708. The highest BCUT2D eigenvalue weighted by atomic mass is 35.5. The van der Waals surface area contributed by atoms with Crippen LogP contribution in [-0.4, -0.2) is 4.98 Å². The normalized spacial score (nSPS) is 13.0. The topological polar surface area (TPSA) is 12.9 Å². The van der Waals surface area contributed by atoms with Gasteiger partial charge in [-0.05, 0) is 24.5 Å². The molecule has 0 aliphatic carbocycles. The molecule has 0 saturated heterocycles. The van der Waals surface area contributed by atoms with Gasteiger partial charge in [-0.2, -0.15) is 0 Å². The number of aromatic nitrogens is 1. The highest BCUT2D eigenvalue weighted by molar-refractivity contribution is 6.29. The fourth-order valence-corrected chi connectivity index (χ4v) is 1.08. The number of rotatable bonds is 2. The molecule has 1 nitrogen and oxygen atoms in total. The van der Waals surface area contributed by atoms with E-state index in [2.05, 4.69) is 18.8 Å². The van der Waals surface area contributed by atoms with E-state index in [9.17, 15) is 0 Å². The number of hydrogen-bond donors (Lipinski definition) is 0. The zero-order chi connectivity index (χ0) is 8.27. The van der Waals surface area contributed by atoms with Gasteiger partial charge in [0.15, 0.2) is 0 Å². The van der Waals surface area contributed by atoms with Crippen LogP contribution in [0.1, 0.15) is 31.9 Å². The average molecular weight is 170 g/mol. The van der Waals surface area contributed by atoms with Gasteiger partial charge in [0.05, 0.1) is 0 Å². The Balaban J connectivity index is 2.86. The second-order valence-electron chi connectivity index (χ2n) is 2.69. The Morgan fingerprint density at radius 3 is 2.82 bits per heavy atom. The molecule has 0 saturated carbocycles. The molecule has 2 heteroatoms. The third-order valence-electron chi connectivity index (χ3n) is 1.85. The summed E-state index contributed by atoms with van der Waals surface area (Å²) in [6.45, 7) is 4.30. The Morgan fingerprint density at radius 1 is 1.55 bits per heavy atom. The van der Waals surface area contributed by atoms with E-state index in [1.807, 2.05) is 12.1 Å². The van der Waals surface area contributed by atoms with Gasteiger partial charge in [-0.15, -0.1) is 0 Å². The highest BCUT2D eigenvalue weighted by Gasteiger charge is 2.03. The van der Waals surface area contributed by atoms with Gasteiger partial charge in [-0.1, -0.05) is 31.5 Å². The molecule has 0 aliphatic heterocycles. The standard InChI is InChI=1S/C9H12ClN/c1-3-7(2)8-5-4-6-9(10)11-8/h4-7H,3H2,1-2H3/t7-/m1/s1. The summed E-state index contributed by atoms with van der Waals surface area (Å²) in [5.74, 6) is 0.508. The molecule has 0 aromatic carbocycles. The first kappa shape index (κ1) is 8.54. The van der Waals surface area contributed by atoms with Crippen molar-refractivity contribution in [1.82, 2.24) is 4.98 Å². The molecule has 0 amide bonds. The summed E-state index contributed by atoms with van der Waals surface area (Å²) >= 11 is 5.73. The molecule has 1 atom stereocenters. The largest absolute Gasteiger partial charge is 0.241 e. The van der Waals surface area contributed by atoms with Crippen molar-refractivity contribution in [2.24, 2.45) is 0 Å². The van der Waals surface area contributed by atoms with Crippen LogP contribution in [0.4, 0.5) is 0 Å². The maximum atomic E-state index is 5.73. The highest BCUT2D eigenvalue weighted by Crippen LogP contribution is 2.17. The molecule has 60 valence electrons. The molecule has 0 radical (unpaired) electrons. The predicted molar refractivity (Wildman–Crippen MR) is 48.0 cm³/mol. The van der Waals surface area contributed by atoms with Crippen molar-refractivity contribution in [3.8, 4) is 0 Å². The molecular weight excluding hydrogens is 158 g/mol. The number of hydrogen-bond acceptors (Lipinski definition) is 1. The fraction of sp³-hybridized carbons (Fsp3) is 0.444. The lowest BCUT2D eigenvalue weighted by Gasteiger charge is -2.06. The molecule has 0 aliphatic rings. The van der Waals surface area contributed by atoms with Gasteiger partial charge in [0.1, 0.15) is 5.15 Å². The van der Waals surface area contributed by atoms with Crippen molar-refractivity contribution in [2.45, 2.75) is 26.2 Å². The summed E-state index contributed by atoms with van der Waals surface area (Å²) in [6, 6.07) is 5.75. The zero-order valence-electron chi connectivity index (χ0n) is 6.84. The van der Waals surface area contributed by atoms with E-state index >= 15 is 0 Å².